The highest BCUT2D eigenvalue weighted by atomic mass is 127. The molecule has 4 heteroatoms. The van der Waals surface area contributed by atoms with Gasteiger partial charge in [-0.3, -0.25) is 0 Å². The van der Waals surface area contributed by atoms with Gasteiger partial charge in [-0.05, 0) is 71.8 Å². The summed E-state index contributed by atoms with van der Waals surface area (Å²) >= 11 is 2.13. The molecule has 0 radical (unpaired) electrons. The van der Waals surface area contributed by atoms with Crippen molar-refractivity contribution in [2.24, 2.45) is 0 Å². The SMILES string of the molecule is Cc1cc(C)c2nc(-c3ccc(F)cc3I)[nH]c2c1. The molecule has 0 aliphatic carbocycles. The highest BCUT2D eigenvalue weighted by Gasteiger charge is 2.11. The Morgan fingerprint density at radius 2 is 1.95 bits per heavy atom. The summed E-state index contributed by atoms with van der Waals surface area (Å²) in [5, 5.41) is 0. The van der Waals surface area contributed by atoms with Crippen molar-refractivity contribution in [1.82, 2.24) is 9.97 Å². The number of halogens is 2. The fourth-order valence-electron chi connectivity index (χ4n) is 2.28. The summed E-state index contributed by atoms with van der Waals surface area (Å²) in [7, 11) is 0. The van der Waals surface area contributed by atoms with Crippen LogP contribution in [0.25, 0.3) is 22.4 Å². The van der Waals surface area contributed by atoms with Gasteiger partial charge >= 0.3 is 0 Å². The third kappa shape index (κ3) is 2.25. The zero-order valence-electron chi connectivity index (χ0n) is 10.6. The molecule has 0 saturated carbocycles. The predicted octanol–water partition coefficient (Wildman–Crippen LogP) is 4.59. The number of nitrogens with one attached hydrogen (secondary N) is 1. The first kappa shape index (κ1) is 12.6. The van der Waals surface area contributed by atoms with Crippen LogP contribution in [0, 0.1) is 23.2 Å². The summed E-state index contributed by atoms with van der Waals surface area (Å²) in [6.07, 6.45) is 0. The monoisotopic (exact) mass is 366 g/mol. The molecule has 0 fully saturated rings. The number of H-pyrrole nitrogens is 1. The molecule has 0 aliphatic heterocycles. The number of nitrogens with zero attached hydrogens (tertiary/aromatic N) is 1. The van der Waals surface area contributed by atoms with E-state index in [4.69, 9.17) is 0 Å². The van der Waals surface area contributed by atoms with Crippen LogP contribution in [0.4, 0.5) is 4.39 Å². The minimum atomic E-state index is -0.226. The van der Waals surface area contributed by atoms with Crippen LogP contribution in [0.5, 0.6) is 0 Å². The van der Waals surface area contributed by atoms with Crippen LogP contribution in [-0.2, 0) is 0 Å². The van der Waals surface area contributed by atoms with Crippen molar-refractivity contribution < 1.29 is 4.39 Å². The van der Waals surface area contributed by atoms with Crippen LogP contribution in [0.1, 0.15) is 11.1 Å². The number of hydrogen-bond donors (Lipinski definition) is 1. The molecule has 0 unspecified atom stereocenters. The maximum Gasteiger partial charge on any atom is 0.139 e. The van der Waals surface area contributed by atoms with Gasteiger partial charge in [0, 0.05) is 9.13 Å². The van der Waals surface area contributed by atoms with Gasteiger partial charge < -0.3 is 4.98 Å². The van der Waals surface area contributed by atoms with Gasteiger partial charge in [-0.15, -0.1) is 0 Å². The van der Waals surface area contributed by atoms with Gasteiger partial charge in [0.2, 0.25) is 0 Å². The molecule has 0 spiro atoms. The maximum atomic E-state index is 13.1. The zero-order valence-corrected chi connectivity index (χ0v) is 12.7. The largest absolute Gasteiger partial charge is 0.338 e. The second kappa shape index (κ2) is 4.59. The Hall–Kier alpha value is -1.43. The average Bonchev–Trinajstić information content (AvgIpc) is 2.72. The summed E-state index contributed by atoms with van der Waals surface area (Å²) < 4.78 is 14.0. The minimum Gasteiger partial charge on any atom is -0.338 e. The second-order valence-electron chi connectivity index (χ2n) is 4.69. The Bertz CT molecular complexity index is 777. The molecule has 0 amide bonds. The second-order valence-corrected chi connectivity index (χ2v) is 5.85. The van der Waals surface area contributed by atoms with Gasteiger partial charge in [0.25, 0.3) is 0 Å². The van der Waals surface area contributed by atoms with Crippen molar-refractivity contribution in [3.63, 3.8) is 0 Å². The number of hydrogen-bond acceptors (Lipinski definition) is 1. The van der Waals surface area contributed by atoms with E-state index in [-0.39, 0.29) is 5.82 Å². The third-order valence-corrected chi connectivity index (χ3v) is 4.00. The molecule has 3 aromatic rings. The third-order valence-electron chi connectivity index (χ3n) is 3.11. The Morgan fingerprint density at radius 3 is 2.68 bits per heavy atom. The van der Waals surface area contributed by atoms with Gasteiger partial charge in [0.15, 0.2) is 0 Å². The summed E-state index contributed by atoms with van der Waals surface area (Å²) in [5.74, 6) is 0.560. The fourth-order valence-corrected chi connectivity index (χ4v) is 3.01. The molecule has 1 aromatic heterocycles. The van der Waals surface area contributed by atoms with Gasteiger partial charge in [-0.2, -0.15) is 0 Å². The van der Waals surface area contributed by atoms with Gasteiger partial charge in [-0.25, -0.2) is 9.37 Å². The van der Waals surface area contributed by atoms with Gasteiger partial charge in [0.1, 0.15) is 11.6 Å². The number of benzene rings is 2. The van der Waals surface area contributed by atoms with Crippen LogP contribution >= 0.6 is 22.6 Å². The van der Waals surface area contributed by atoms with Crippen molar-refractivity contribution in [3.8, 4) is 11.4 Å². The summed E-state index contributed by atoms with van der Waals surface area (Å²) in [5.41, 5.74) is 5.27. The molecule has 0 atom stereocenters. The van der Waals surface area contributed by atoms with Crippen LogP contribution in [0.15, 0.2) is 30.3 Å². The van der Waals surface area contributed by atoms with E-state index < -0.39 is 0 Å². The first-order valence-corrected chi connectivity index (χ1v) is 7.05. The molecule has 1 heterocycles. The van der Waals surface area contributed by atoms with E-state index in [0.29, 0.717) is 0 Å². The Balaban J connectivity index is 2.23. The van der Waals surface area contributed by atoms with Crippen molar-refractivity contribution in [2.45, 2.75) is 13.8 Å². The Kier molecular flexibility index (Phi) is 3.05. The predicted molar refractivity (Wildman–Crippen MR) is 83.7 cm³/mol. The molecule has 0 aliphatic rings. The number of fused-ring (bicyclic) bond motifs is 1. The molecule has 96 valence electrons. The van der Waals surface area contributed by atoms with Crippen LogP contribution in [-0.4, -0.2) is 9.97 Å². The molecule has 19 heavy (non-hydrogen) atoms. The zero-order chi connectivity index (χ0) is 13.6. The van der Waals surface area contributed by atoms with E-state index in [1.165, 1.54) is 17.7 Å². The van der Waals surface area contributed by atoms with E-state index in [2.05, 4.69) is 58.5 Å². The summed E-state index contributed by atoms with van der Waals surface area (Å²) in [4.78, 5) is 7.95. The number of rotatable bonds is 1. The Morgan fingerprint density at radius 1 is 1.16 bits per heavy atom. The van der Waals surface area contributed by atoms with E-state index >= 15 is 0 Å². The number of imidazole rings is 1. The number of aromatic nitrogens is 2. The number of aryl methyl sites for hydroxylation is 2. The quantitative estimate of drug-likeness (QED) is 0.627. The molecule has 2 aromatic carbocycles. The molecular formula is C15H12FIN2. The maximum absolute atomic E-state index is 13.1. The van der Waals surface area contributed by atoms with E-state index in [1.54, 1.807) is 6.07 Å². The van der Waals surface area contributed by atoms with Crippen molar-refractivity contribution in [3.05, 3.63) is 50.8 Å². The molecular weight excluding hydrogens is 354 g/mol. The molecule has 3 rings (SSSR count). The average molecular weight is 366 g/mol. The first-order valence-electron chi connectivity index (χ1n) is 5.97. The summed E-state index contributed by atoms with van der Waals surface area (Å²) in [6, 6.07) is 8.93. The Labute approximate surface area is 124 Å². The lowest BCUT2D eigenvalue weighted by molar-refractivity contribution is 0.627. The minimum absolute atomic E-state index is 0.226. The van der Waals surface area contributed by atoms with E-state index in [1.807, 2.05) is 0 Å². The fraction of sp³-hybridized carbons (Fsp3) is 0.133. The smallest absolute Gasteiger partial charge is 0.139 e. The van der Waals surface area contributed by atoms with Crippen molar-refractivity contribution in [1.29, 1.82) is 0 Å². The van der Waals surface area contributed by atoms with Gasteiger partial charge in [-0.1, -0.05) is 6.07 Å². The highest BCUT2D eigenvalue weighted by Crippen LogP contribution is 2.27. The van der Waals surface area contributed by atoms with Crippen LogP contribution < -0.4 is 0 Å². The molecule has 1 N–H and O–H groups in total. The van der Waals surface area contributed by atoms with Crippen molar-refractivity contribution >= 4 is 33.6 Å². The number of aromatic amines is 1. The molecule has 0 bridgehead atoms. The van der Waals surface area contributed by atoms with E-state index in [0.717, 1.165) is 31.6 Å². The first-order chi connectivity index (χ1) is 9.04. The van der Waals surface area contributed by atoms with Crippen LogP contribution in [0.3, 0.4) is 0 Å². The van der Waals surface area contributed by atoms with Gasteiger partial charge in [0.05, 0.1) is 11.0 Å². The summed E-state index contributed by atoms with van der Waals surface area (Å²) in [6.45, 7) is 4.12. The molecule has 0 saturated heterocycles. The standard InChI is InChI=1S/C15H12FIN2/c1-8-5-9(2)14-13(6-8)18-15(19-14)11-4-3-10(16)7-12(11)17/h3-7H,1-2H3,(H,18,19). The lowest BCUT2D eigenvalue weighted by Gasteiger charge is -2.00. The van der Waals surface area contributed by atoms with E-state index in [9.17, 15) is 4.39 Å². The molecule has 2 nitrogen and oxygen atoms in total. The van der Waals surface area contributed by atoms with Crippen molar-refractivity contribution in [2.75, 3.05) is 0 Å². The topological polar surface area (TPSA) is 28.7 Å². The lowest BCUT2D eigenvalue weighted by atomic mass is 10.1. The highest BCUT2D eigenvalue weighted by molar-refractivity contribution is 14.1. The van der Waals surface area contributed by atoms with Crippen LogP contribution in [0.2, 0.25) is 0 Å². The normalized spacial score (nSPS) is 11.2. The lowest BCUT2D eigenvalue weighted by Crippen LogP contribution is -1.86.